The van der Waals surface area contributed by atoms with Crippen molar-refractivity contribution in [1.29, 1.82) is 0 Å². The van der Waals surface area contributed by atoms with E-state index >= 15 is 0 Å². The van der Waals surface area contributed by atoms with Gasteiger partial charge >= 0.3 is 0 Å². The lowest BCUT2D eigenvalue weighted by molar-refractivity contribution is 0.601. The zero-order chi connectivity index (χ0) is 8.10. The highest BCUT2D eigenvalue weighted by Gasteiger charge is 1.92. The molecule has 0 saturated heterocycles. The average Bonchev–Trinajstić information content (AvgIpc) is 2.55. The number of nitrogens with zero attached hydrogens (tertiary/aromatic N) is 2. The lowest BCUT2D eigenvalue weighted by Gasteiger charge is -1.79. The van der Waals surface area contributed by atoms with Gasteiger partial charge < -0.3 is 4.42 Å². The van der Waals surface area contributed by atoms with Crippen molar-refractivity contribution >= 4 is 11.1 Å². The van der Waals surface area contributed by atoms with Crippen molar-refractivity contribution in [3.8, 4) is 0 Å². The normalized spacial score (nSPS) is 8.91. The molecule has 0 aromatic carbocycles. The Bertz CT molecular complexity index is 286. The van der Waals surface area contributed by atoms with Gasteiger partial charge in [0.05, 0.1) is 6.20 Å². The maximum Gasteiger partial charge on any atom is 0.182 e. The summed E-state index contributed by atoms with van der Waals surface area (Å²) in [6.45, 7) is 4.00. The van der Waals surface area contributed by atoms with Crippen molar-refractivity contribution in [2.24, 2.45) is 0 Å². The molecule has 3 nitrogen and oxygen atoms in total. The third kappa shape index (κ3) is 1.55. The summed E-state index contributed by atoms with van der Waals surface area (Å²) < 4.78 is 4.94. The molecular formula is C8H10N2O. The highest BCUT2D eigenvalue weighted by atomic mass is 16.3. The predicted octanol–water partition coefficient (Wildman–Crippen LogP) is 2.25. The Morgan fingerprint density at radius 2 is 2.18 bits per heavy atom. The van der Waals surface area contributed by atoms with E-state index in [0.717, 1.165) is 11.1 Å². The fourth-order valence-electron chi connectivity index (χ4n) is 0.710. The van der Waals surface area contributed by atoms with Crippen LogP contribution in [-0.2, 0) is 0 Å². The minimum absolute atomic E-state index is 0.734. The minimum Gasteiger partial charge on any atom is -0.442 e. The zero-order valence-corrected chi connectivity index (χ0v) is 6.61. The summed E-state index contributed by atoms with van der Waals surface area (Å²) in [4.78, 5) is 7.76. The van der Waals surface area contributed by atoms with Crippen molar-refractivity contribution in [1.82, 2.24) is 9.97 Å². The highest BCUT2D eigenvalue weighted by Crippen LogP contribution is 2.07. The van der Waals surface area contributed by atoms with Crippen LogP contribution in [-0.4, -0.2) is 9.97 Å². The first kappa shape index (κ1) is 7.72. The summed E-state index contributed by atoms with van der Waals surface area (Å²) in [7, 11) is 0. The van der Waals surface area contributed by atoms with Crippen LogP contribution >= 0.6 is 0 Å². The lowest BCUT2D eigenvalue weighted by atomic mass is 10.4. The van der Waals surface area contributed by atoms with Crippen molar-refractivity contribution in [2.45, 2.75) is 13.8 Å². The topological polar surface area (TPSA) is 38.9 Å². The standard InChI is InChI=1S/C6H4N2O.C2H6/c1-2-7-3-6-5(1)8-4-9-6;1-2/h1-4H;1-2H3. The van der Waals surface area contributed by atoms with E-state index in [4.69, 9.17) is 4.42 Å². The molecule has 0 amide bonds. The second-order valence-corrected chi connectivity index (χ2v) is 1.70. The number of hydrogen-bond acceptors (Lipinski definition) is 3. The van der Waals surface area contributed by atoms with Gasteiger partial charge in [0.2, 0.25) is 0 Å². The van der Waals surface area contributed by atoms with Crippen molar-refractivity contribution < 1.29 is 4.42 Å². The summed E-state index contributed by atoms with van der Waals surface area (Å²) in [5.41, 5.74) is 1.59. The molecule has 2 aromatic heterocycles. The van der Waals surface area contributed by atoms with Gasteiger partial charge in [0, 0.05) is 6.20 Å². The molecule has 0 spiro atoms. The molecule has 2 heterocycles. The first-order valence-corrected chi connectivity index (χ1v) is 3.60. The quantitative estimate of drug-likeness (QED) is 0.578. The molecule has 11 heavy (non-hydrogen) atoms. The molecule has 0 aliphatic rings. The van der Waals surface area contributed by atoms with Crippen LogP contribution in [0.4, 0.5) is 0 Å². The number of rotatable bonds is 0. The molecule has 0 N–H and O–H groups in total. The van der Waals surface area contributed by atoms with Crippen molar-refractivity contribution in [2.75, 3.05) is 0 Å². The molecule has 0 unspecified atom stereocenters. The number of hydrogen-bond donors (Lipinski definition) is 0. The molecule has 0 saturated carbocycles. The van der Waals surface area contributed by atoms with Gasteiger partial charge in [-0.2, -0.15) is 0 Å². The molecule has 0 aliphatic heterocycles. The monoisotopic (exact) mass is 150 g/mol. The molecule has 2 aromatic rings. The summed E-state index contributed by atoms with van der Waals surface area (Å²) in [6.07, 6.45) is 4.74. The van der Waals surface area contributed by atoms with Crippen LogP contribution in [0.1, 0.15) is 13.8 Å². The Morgan fingerprint density at radius 1 is 1.36 bits per heavy atom. The maximum atomic E-state index is 4.94. The Hall–Kier alpha value is -1.38. The van der Waals surface area contributed by atoms with Crippen LogP contribution in [0.3, 0.4) is 0 Å². The number of oxazole rings is 1. The Kier molecular flexibility index (Phi) is 2.60. The zero-order valence-electron chi connectivity index (χ0n) is 6.61. The highest BCUT2D eigenvalue weighted by molar-refractivity contribution is 5.69. The van der Waals surface area contributed by atoms with Gasteiger partial charge in [-0.15, -0.1) is 0 Å². The summed E-state index contributed by atoms with van der Waals surface area (Å²) in [5, 5.41) is 0. The third-order valence-electron chi connectivity index (χ3n) is 1.13. The van der Waals surface area contributed by atoms with Crippen LogP contribution in [0.5, 0.6) is 0 Å². The van der Waals surface area contributed by atoms with Crippen LogP contribution in [0.25, 0.3) is 11.1 Å². The number of fused-ring (bicyclic) bond motifs is 1. The molecule has 0 bridgehead atoms. The smallest absolute Gasteiger partial charge is 0.182 e. The Balaban J connectivity index is 0.000000281. The molecular weight excluding hydrogens is 140 g/mol. The lowest BCUT2D eigenvalue weighted by Crippen LogP contribution is -1.67. The van der Waals surface area contributed by atoms with Gasteiger partial charge in [-0.3, -0.25) is 4.98 Å². The van der Waals surface area contributed by atoms with E-state index in [2.05, 4.69) is 9.97 Å². The van der Waals surface area contributed by atoms with E-state index in [1.54, 1.807) is 18.5 Å². The van der Waals surface area contributed by atoms with Gasteiger partial charge in [-0.05, 0) is 6.07 Å². The van der Waals surface area contributed by atoms with E-state index < -0.39 is 0 Å². The minimum atomic E-state index is 0.734. The summed E-state index contributed by atoms with van der Waals surface area (Å²) >= 11 is 0. The van der Waals surface area contributed by atoms with Gasteiger partial charge in [0.1, 0.15) is 5.52 Å². The second kappa shape index (κ2) is 3.71. The SMILES string of the molecule is CC.c1cc2ncoc2cn1. The number of pyridine rings is 1. The largest absolute Gasteiger partial charge is 0.442 e. The second-order valence-electron chi connectivity index (χ2n) is 1.70. The summed E-state index contributed by atoms with van der Waals surface area (Å²) in [5.74, 6) is 0. The van der Waals surface area contributed by atoms with E-state index in [9.17, 15) is 0 Å². The predicted molar refractivity (Wildman–Crippen MR) is 43.2 cm³/mol. The van der Waals surface area contributed by atoms with Gasteiger partial charge in [-0.25, -0.2) is 4.98 Å². The van der Waals surface area contributed by atoms with Crippen LogP contribution < -0.4 is 0 Å². The first-order valence-electron chi connectivity index (χ1n) is 3.60. The van der Waals surface area contributed by atoms with Gasteiger partial charge in [0.25, 0.3) is 0 Å². The van der Waals surface area contributed by atoms with Gasteiger partial charge in [-0.1, -0.05) is 13.8 Å². The molecule has 0 aliphatic carbocycles. The van der Waals surface area contributed by atoms with E-state index in [0.29, 0.717) is 0 Å². The third-order valence-corrected chi connectivity index (χ3v) is 1.13. The Morgan fingerprint density at radius 3 is 2.91 bits per heavy atom. The van der Waals surface area contributed by atoms with Crippen LogP contribution in [0.15, 0.2) is 29.3 Å². The average molecular weight is 150 g/mol. The molecule has 58 valence electrons. The van der Waals surface area contributed by atoms with E-state index in [1.807, 2.05) is 13.8 Å². The number of aromatic nitrogens is 2. The first-order chi connectivity index (χ1) is 5.47. The van der Waals surface area contributed by atoms with Crippen molar-refractivity contribution in [3.63, 3.8) is 0 Å². The molecule has 0 radical (unpaired) electrons. The maximum absolute atomic E-state index is 4.94. The van der Waals surface area contributed by atoms with Crippen LogP contribution in [0.2, 0.25) is 0 Å². The van der Waals surface area contributed by atoms with E-state index in [-0.39, 0.29) is 0 Å². The van der Waals surface area contributed by atoms with Crippen LogP contribution in [0, 0.1) is 0 Å². The Labute approximate surface area is 65.1 Å². The summed E-state index contributed by atoms with van der Waals surface area (Å²) in [6, 6.07) is 1.80. The fraction of sp³-hybridized carbons (Fsp3) is 0.250. The van der Waals surface area contributed by atoms with Crippen molar-refractivity contribution in [3.05, 3.63) is 24.9 Å². The molecule has 0 fully saturated rings. The molecule has 3 heteroatoms. The van der Waals surface area contributed by atoms with E-state index in [1.165, 1.54) is 6.39 Å². The molecule has 0 atom stereocenters. The van der Waals surface area contributed by atoms with Gasteiger partial charge in [0.15, 0.2) is 12.0 Å². The fourth-order valence-corrected chi connectivity index (χ4v) is 0.710. The molecule has 2 rings (SSSR count).